The summed E-state index contributed by atoms with van der Waals surface area (Å²) in [5, 5.41) is 0.950. The largest absolute Gasteiger partial charge is 0.748 e. The number of ether oxygens (including phenoxy) is 5. The molecule has 3 aromatic rings. The van der Waals surface area contributed by atoms with E-state index in [0.717, 1.165) is 20.8 Å². The monoisotopic (exact) mass is 549 g/mol. The lowest BCUT2D eigenvalue weighted by molar-refractivity contribution is -0.668. The average Bonchev–Trinajstić information content (AvgIpc) is 3.22. The minimum absolute atomic E-state index is 0.250. The highest BCUT2D eigenvalue weighted by Gasteiger charge is 2.18. The topological polar surface area (TPSA) is 107 Å². The average molecular weight is 550 g/mol. The van der Waals surface area contributed by atoms with Crippen LogP contribution in [0.3, 0.4) is 0 Å². The molecule has 9 nitrogen and oxygen atoms in total. The standard InChI is InChI=1S/C26H31NO8S2/c28-37(29,30)19-3-10-27-22-4-1-2-5-25(22)36-26(27)9-7-21-6-8-23-24(20-21)35-18-16-33-14-12-31-11-13-32-15-17-34-23/h1-2,4-9,20H,3,10-19H2/b9-7+. The number of nitrogens with zero attached hydrogens (tertiary/aromatic N) is 1. The second kappa shape index (κ2) is 13.8. The van der Waals surface area contributed by atoms with Gasteiger partial charge >= 0.3 is 0 Å². The maximum absolute atomic E-state index is 11.1. The van der Waals surface area contributed by atoms with Crippen LogP contribution >= 0.6 is 11.3 Å². The van der Waals surface area contributed by atoms with Gasteiger partial charge in [0.05, 0.1) is 49.8 Å². The first-order chi connectivity index (χ1) is 18.0. The summed E-state index contributed by atoms with van der Waals surface area (Å²) < 4.78 is 64.7. The van der Waals surface area contributed by atoms with Gasteiger partial charge in [0.15, 0.2) is 18.0 Å². The maximum atomic E-state index is 11.1. The van der Waals surface area contributed by atoms with Crippen molar-refractivity contribution in [1.82, 2.24) is 0 Å². The van der Waals surface area contributed by atoms with Crippen LogP contribution in [0.15, 0.2) is 42.5 Å². The van der Waals surface area contributed by atoms with E-state index in [-0.39, 0.29) is 6.42 Å². The molecule has 0 N–H and O–H groups in total. The molecule has 0 fully saturated rings. The van der Waals surface area contributed by atoms with Crippen molar-refractivity contribution in [3.05, 3.63) is 53.0 Å². The Morgan fingerprint density at radius 1 is 0.838 bits per heavy atom. The van der Waals surface area contributed by atoms with Crippen LogP contribution in [0.4, 0.5) is 0 Å². The van der Waals surface area contributed by atoms with Crippen LogP contribution in [0.2, 0.25) is 0 Å². The van der Waals surface area contributed by atoms with Crippen LogP contribution in [0, 0.1) is 0 Å². The van der Waals surface area contributed by atoms with Gasteiger partial charge in [0, 0.05) is 24.3 Å². The smallest absolute Gasteiger partial charge is 0.262 e. The lowest BCUT2D eigenvalue weighted by Gasteiger charge is -2.13. The third-order valence-electron chi connectivity index (χ3n) is 5.51. The van der Waals surface area contributed by atoms with Crippen LogP contribution in [0.5, 0.6) is 11.5 Å². The van der Waals surface area contributed by atoms with E-state index >= 15 is 0 Å². The second-order valence-corrected chi connectivity index (χ2v) is 10.8. The Morgan fingerprint density at radius 2 is 1.49 bits per heavy atom. The quantitative estimate of drug-likeness (QED) is 0.341. The van der Waals surface area contributed by atoms with Crippen molar-refractivity contribution in [3.63, 3.8) is 0 Å². The van der Waals surface area contributed by atoms with Gasteiger partial charge in [-0.15, -0.1) is 0 Å². The van der Waals surface area contributed by atoms with E-state index in [4.69, 9.17) is 23.7 Å². The van der Waals surface area contributed by atoms with E-state index in [2.05, 4.69) is 0 Å². The molecule has 1 aliphatic rings. The van der Waals surface area contributed by atoms with Crippen LogP contribution in [0.1, 0.15) is 17.0 Å². The van der Waals surface area contributed by atoms with E-state index < -0.39 is 15.9 Å². The fourth-order valence-electron chi connectivity index (χ4n) is 3.80. The Bertz CT molecular complexity index is 1290. The van der Waals surface area contributed by atoms with Gasteiger partial charge in [-0.1, -0.05) is 29.5 Å². The molecular weight excluding hydrogens is 518 g/mol. The van der Waals surface area contributed by atoms with Gasteiger partial charge in [-0.2, -0.15) is 4.57 Å². The number of hydrogen-bond acceptors (Lipinski definition) is 9. The Morgan fingerprint density at radius 3 is 2.19 bits per heavy atom. The van der Waals surface area contributed by atoms with Crippen molar-refractivity contribution in [1.29, 1.82) is 0 Å². The van der Waals surface area contributed by atoms with Crippen molar-refractivity contribution in [2.75, 3.05) is 58.6 Å². The highest BCUT2D eigenvalue weighted by molar-refractivity contribution is 7.85. The zero-order chi connectivity index (χ0) is 25.9. The number of benzene rings is 2. The molecule has 1 aromatic heterocycles. The van der Waals surface area contributed by atoms with Crippen molar-refractivity contribution in [3.8, 4) is 11.5 Å². The van der Waals surface area contributed by atoms with E-state index in [1.54, 1.807) is 11.3 Å². The van der Waals surface area contributed by atoms with Crippen LogP contribution in [0.25, 0.3) is 22.4 Å². The fourth-order valence-corrected chi connectivity index (χ4v) is 5.37. The predicted octanol–water partition coefficient (Wildman–Crippen LogP) is 3.12. The summed E-state index contributed by atoms with van der Waals surface area (Å²) in [6.07, 6.45) is 4.21. The third kappa shape index (κ3) is 8.77. The maximum Gasteiger partial charge on any atom is 0.262 e. The summed E-state index contributed by atoms with van der Waals surface area (Å²) in [5.74, 6) is 0.849. The Balaban J connectivity index is 1.52. The minimum atomic E-state index is -4.25. The number of para-hydroxylation sites is 1. The summed E-state index contributed by atoms with van der Waals surface area (Å²) in [7, 11) is -4.25. The molecule has 0 bridgehead atoms. The minimum Gasteiger partial charge on any atom is -0.748 e. The van der Waals surface area contributed by atoms with Gasteiger partial charge in [-0.05, 0) is 29.8 Å². The van der Waals surface area contributed by atoms with Crippen molar-refractivity contribution in [2.45, 2.75) is 13.0 Å². The van der Waals surface area contributed by atoms with Gasteiger partial charge in [0.1, 0.15) is 17.9 Å². The first kappa shape index (κ1) is 27.5. The lowest BCUT2D eigenvalue weighted by atomic mass is 10.2. The zero-order valence-corrected chi connectivity index (χ0v) is 22.1. The molecule has 0 saturated carbocycles. The van der Waals surface area contributed by atoms with Gasteiger partial charge in [0.2, 0.25) is 5.52 Å². The van der Waals surface area contributed by atoms with E-state index in [1.807, 2.05) is 59.2 Å². The summed E-state index contributed by atoms with van der Waals surface area (Å²) in [6.45, 7) is 4.09. The van der Waals surface area contributed by atoms with Crippen LogP contribution in [-0.4, -0.2) is 71.6 Å². The van der Waals surface area contributed by atoms with Crippen molar-refractivity contribution in [2.24, 2.45) is 0 Å². The molecule has 2 heterocycles. The van der Waals surface area contributed by atoms with Gasteiger partial charge in [-0.25, -0.2) is 8.42 Å². The zero-order valence-electron chi connectivity index (χ0n) is 20.5. The molecule has 0 spiro atoms. The molecule has 0 radical (unpaired) electrons. The molecule has 0 unspecified atom stereocenters. The molecular formula is C26H31NO8S2. The van der Waals surface area contributed by atoms with Crippen LogP contribution in [-0.2, 0) is 30.9 Å². The van der Waals surface area contributed by atoms with Crippen LogP contribution < -0.4 is 14.0 Å². The Kier molecular flexibility index (Phi) is 10.3. The molecule has 1 aliphatic heterocycles. The molecule has 0 amide bonds. The number of aryl methyl sites for hydroxylation is 1. The summed E-state index contributed by atoms with van der Waals surface area (Å²) in [4.78, 5) is 0. The molecule has 4 rings (SSSR count). The van der Waals surface area contributed by atoms with E-state index in [1.165, 1.54) is 0 Å². The first-order valence-corrected chi connectivity index (χ1v) is 14.5. The number of hydrogen-bond donors (Lipinski definition) is 0. The summed E-state index contributed by atoms with van der Waals surface area (Å²) in [6, 6.07) is 13.6. The number of fused-ring (bicyclic) bond motifs is 2. The van der Waals surface area contributed by atoms with E-state index in [0.29, 0.717) is 70.9 Å². The predicted molar refractivity (Wildman–Crippen MR) is 140 cm³/mol. The summed E-state index contributed by atoms with van der Waals surface area (Å²) >= 11 is 1.60. The van der Waals surface area contributed by atoms with Crippen molar-refractivity contribution < 1.29 is 41.2 Å². The van der Waals surface area contributed by atoms with Gasteiger partial charge < -0.3 is 28.2 Å². The van der Waals surface area contributed by atoms with E-state index in [9.17, 15) is 13.0 Å². The summed E-state index contributed by atoms with van der Waals surface area (Å²) in [5.41, 5.74) is 1.91. The normalized spacial score (nSPS) is 16.5. The SMILES string of the molecule is O=S(=O)([O-])CCC[n+]1c(/C=C/c2ccc3c(c2)OCCOCCOCCOCCO3)sc2ccccc21. The first-order valence-electron chi connectivity index (χ1n) is 12.2. The molecule has 200 valence electrons. The molecule has 37 heavy (non-hydrogen) atoms. The molecule has 0 aliphatic carbocycles. The fraction of sp³-hybridized carbons (Fsp3) is 0.423. The van der Waals surface area contributed by atoms with Gasteiger partial charge in [-0.3, -0.25) is 0 Å². The molecule has 11 heteroatoms. The second-order valence-electron chi connectivity index (χ2n) is 8.25. The number of thiazole rings is 1. The Hall–Kier alpha value is -2.54. The molecule has 0 atom stereocenters. The molecule has 2 aromatic carbocycles. The number of rotatable bonds is 6. The number of aromatic nitrogens is 1. The Labute approximate surface area is 220 Å². The third-order valence-corrected chi connectivity index (χ3v) is 7.43. The van der Waals surface area contributed by atoms with Crippen molar-refractivity contribution >= 4 is 43.8 Å². The highest BCUT2D eigenvalue weighted by Crippen LogP contribution is 2.30. The van der Waals surface area contributed by atoms with Gasteiger partial charge in [0.25, 0.3) is 5.01 Å². The highest BCUT2D eigenvalue weighted by atomic mass is 32.2. The lowest BCUT2D eigenvalue weighted by Crippen LogP contribution is -2.35. The molecule has 0 saturated heterocycles.